The SMILES string of the molecule is Cc1ccc(C)c([C@@H](C)NC(=O)CN2CCC3(CCNCC3)C2)c1. The van der Waals surface area contributed by atoms with Gasteiger partial charge in [-0.05, 0) is 76.2 Å². The number of amides is 1. The third-order valence-electron chi connectivity index (χ3n) is 5.83. The summed E-state index contributed by atoms with van der Waals surface area (Å²) in [6, 6.07) is 6.50. The molecule has 132 valence electrons. The van der Waals surface area contributed by atoms with E-state index in [2.05, 4.69) is 54.5 Å². The number of nitrogens with zero attached hydrogens (tertiary/aromatic N) is 1. The maximum absolute atomic E-state index is 12.5. The molecular weight excluding hydrogens is 298 g/mol. The van der Waals surface area contributed by atoms with Crippen LogP contribution in [-0.4, -0.2) is 43.5 Å². The predicted octanol–water partition coefficient (Wildman–Crippen LogP) is 2.56. The van der Waals surface area contributed by atoms with Crippen LogP contribution in [-0.2, 0) is 4.79 Å². The van der Waals surface area contributed by atoms with E-state index < -0.39 is 0 Å². The first-order chi connectivity index (χ1) is 11.5. The van der Waals surface area contributed by atoms with Crippen LogP contribution in [0.2, 0.25) is 0 Å². The zero-order valence-corrected chi connectivity index (χ0v) is 15.3. The number of carbonyl (C=O) groups excluding carboxylic acids is 1. The number of piperidine rings is 1. The molecule has 4 nitrogen and oxygen atoms in total. The van der Waals surface area contributed by atoms with E-state index in [0.717, 1.165) is 26.2 Å². The highest BCUT2D eigenvalue weighted by molar-refractivity contribution is 5.78. The lowest BCUT2D eigenvalue weighted by Crippen LogP contribution is -2.41. The first-order valence-corrected chi connectivity index (χ1v) is 9.27. The maximum Gasteiger partial charge on any atom is 0.234 e. The fraction of sp³-hybridized carbons (Fsp3) is 0.650. The summed E-state index contributed by atoms with van der Waals surface area (Å²) in [4.78, 5) is 14.8. The van der Waals surface area contributed by atoms with E-state index in [9.17, 15) is 4.79 Å². The average Bonchev–Trinajstić information content (AvgIpc) is 2.92. The molecule has 2 heterocycles. The van der Waals surface area contributed by atoms with Gasteiger partial charge in [-0.15, -0.1) is 0 Å². The van der Waals surface area contributed by atoms with E-state index >= 15 is 0 Å². The van der Waals surface area contributed by atoms with Gasteiger partial charge in [0.05, 0.1) is 12.6 Å². The molecule has 1 aromatic rings. The molecule has 2 aliphatic heterocycles. The molecule has 1 atom stereocenters. The second-order valence-corrected chi connectivity index (χ2v) is 7.86. The molecule has 2 saturated heterocycles. The molecule has 0 radical (unpaired) electrons. The molecule has 2 fully saturated rings. The van der Waals surface area contributed by atoms with Crippen molar-refractivity contribution >= 4 is 5.91 Å². The van der Waals surface area contributed by atoms with E-state index in [1.165, 1.54) is 36.0 Å². The molecule has 0 bridgehead atoms. The first kappa shape index (κ1) is 17.4. The fourth-order valence-electron chi connectivity index (χ4n) is 4.32. The standard InChI is InChI=1S/C20H31N3O/c1-15-4-5-16(2)18(12-15)17(3)22-19(24)13-23-11-8-20(14-23)6-9-21-10-7-20/h4-5,12,17,21H,6-11,13-14H2,1-3H3,(H,22,24)/t17-/m1/s1. The van der Waals surface area contributed by atoms with Crippen LogP contribution < -0.4 is 10.6 Å². The number of likely N-dealkylation sites (tertiary alicyclic amines) is 1. The molecule has 0 aromatic heterocycles. The first-order valence-electron chi connectivity index (χ1n) is 9.27. The number of benzene rings is 1. The number of nitrogens with one attached hydrogen (secondary N) is 2. The average molecular weight is 329 g/mol. The number of aryl methyl sites for hydroxylation is 2. The minimum absolute atomic E-state index is 0.0628. The van der Waals surface area contributed by atoms with Crippen LogP contribution in [0, 0.1) is 19.3 Å². The van der Waals surface area contributed by atoms with Gasteiger partial charge in [0, 0.05) is 6.54 Å². The van der Waals surface area contributed by atoms with Gasteiger partial charge in [0.25, 0.3) is 0 Å². The van der Waals surface area contributed by atoms with Gasteiger partial charge < -0.3 is 10.6 Å². The van der Waals surface area contributed by atoms with E-state index in [0.29, 0.717) is 12.0 Å². The molecular formula is C20H31N3O. The molecule has 0 aliphatic carbocycles. The third-order valence-corrected chi connectivity index (χ3v) is 5.83. The summed E-state index contributed by atoms with van der Waals surface area (Å²) in [7, 11) is 0. The number of hydrogen-bond acceptors (Lipinski definition) is 3. The van der Waals surface area contributed by atoms with E-state index in [1.807, 2.05) is 0 Å². The summed E-state index contributed by atoms with van der Waals surface area (Å²) in [6.07, 6.45) is 3.75. The van der Waals surface area contributed by atoms with E-state index in [-0.39, 0.29) is 11.9 Å². The Morgan fingerprint density at radius 2 is 2.04 bits per heavy atom. The second-order valence-electron chi connectivity index (χ2n) is 7.86. The van der Waals surface area contributed by atoms with Crippen molar-refractivity contribution in [3.05, 3.63) is 34.9 Å². The van der Waals surface area contributed by atoms with Gasteiger partial charge in [0.15, 0.2) is 0 Å². The highest BCUT2D eigenvalue weighted by Gasteiger charge is 2.39. The molecule has 0 unspecified atom stereocenters. The van der Waals surface area contributed by atoms with Crippen molar-refractivity contribution in [2.75, 3.05) is 32.7 Å². The van der Waals surface area contributed by atoms with E-state index in [1.54, 1.807) is 0 Å². The minimum atomic E-state index is 0.0628. The minimum Gasteiger partial charge on any atom is -0.348 e. The number of carbonyl (C=O) groups is 1. The predicted molar refractivity (Wildman–Crippen MR) is 98.1 cm³/mol. The summed E-state index contributed by atoms with van der Waals surface area (Å²) in [6.45, 7) is 11.2. The molecule has 4 heteroatoms. The molecule has 0 saturated carbocycles. The quantitative estimate of drug-likeness (QED) is 0.892. The van der Waals surface area contributed by atoms with Crippen LogP contribution in [0.25, 0.3) is 0 Å². The Bertz CT molecular complexity index is 593. The van der Waals surface area contributed by atoms with Crippen molar-refractivity contribution in [2.24, 2.45) is 5.41 Å². The zero-order valence-electron chi connectivity index (χ0n) is 15.3. The smallest absolute Gasteiger partial charge is 0.234 e. The van der Waals surface area contributed by atoms with Crippen LogP contribution in [0.1, 0.15) is 48.9 Å². The molecule has 24 heavy (non-hydrogen) atoms. The van der Waals surface area contributed by atoms with Crippen LogP contribution in [0.3, 0.4) is 0 Å². The van der Waals surface area contributed by atoms with Gasteiger partial charge in [-0.25, -0.2) is 0 Å². The Hall–Kier alpha value is -1.39. The lowest BCUT2D eigenvalue weighted by Gasteiger charge is -2.33. The summed E-state index contributed by atoms with van der Waals surface area (Å²) >= 11 is 0. The van der Waals surface area contributed by atoms with Crippen LogP contribution in [0.5, 0.6) is 0 Å². The van der Waals surface area contributed by atoms with Crippen molar-refractivity contribution in [1.82, 2.24) is 15.5 Å². The molecule has 1 amide bonds. The summed E-state index contributed by atoms with van der Waals surface area (Å²) in [5.74, 6) is 0.148. The van der Waals surface area contributed by atoms with Crippen molar-refractivity contribution in [2.45, 2.75) is 46.1 Å². The van der Waals surface area contributed by atoms with Crippen molar-refractivity contribution in [1.29, 1.82) is 0 Å². The zero-order chi connectivity index (χ0) is 17.2. The molecule has 3 rings (SSSR count). The number of rotatable bonds is 4. The Morgan fingerprint density at radius 3 is 2.79 bits per heavy atom. The van der Waals surface area contributed by atoms with Gasteiger partial charge in [0.1, 0.15) is 0 Å². The van der Waals surface area contributed by atoms with Crippen molar-refractivity contribution < 1.29 is 4.79 Å². The van der Waals surface area contributed by atoms with Crippen LogP contribution in [0.15, 0.2) is 18.2 Å². The second kappa shape index (κ2) is 7.24. The van der Waals surface area contributed by atoms with Gasteiger partial charge in [0.2, 0.25) is 5.91 Å². The summed E-state index contributed by atoms with van der Waals surface area (Å²) in [5, 5.41) is 6.64. The lowest BCUT2D eigenvalue weighted by molar-refractivity contribution is -0.122. The largest absolute Gasteiger partial charge is 0.348 e. The molecule has 2 N–H and O–H groups in total. The lowest BCUT2D eigenvalue weighted by atomic mass is 9.78. The van der Waals surface area contributed by atoms with Gasteiger partial charge in [-0.2, -0.15) is 0 Å². The normalized spacial score (nSPS) is 21.8. The third kappa shape index (κ3) is 3.98. The van der Waals surface area contributed by atoms with Gasteiger partial charge in [-0.1, -0.05) is 23.8 Å². The fourth-order valence-corrected chi connectivity index (χ4v) is 4.32. The molecule has 2 aliphatic rings. The monoisotopic (exact) mass is 329 g/mol. The van der Waals surface area contributed by atoms with Gasteiger partial charge in [-0.3, -0.25) is 9.69 Å². The van der Waals surface area contributed by atoms with Gasteiger partial charge >= 0.3 is 0 Å². The highest BCUT2D eigenvalue weighted by atomic mass is 16.2. The Kier molecular flexibility index (Phi) is 5.26. The van der Waals surface area contributed by atoms with Crippen LogP contribution in [0.4, 0.5) is 0 Å². The van der Waals surface area contributed by atoms with E-state index in [4.69, 9.17) is 0 Å². The maximum atomic E-state index is 12.5. The summed E-state index contributed by atoms with van der Waals surface area (Å²) < 4.78 is 0. The molecule has 1 aromatic carbocycles. The topological polar surface area (TPSA) is 44.4 Å². The van der Waals surface area contributed by atoms with Crippen molar-refractivity contribution in [3.63, 3.8) is 0 Å². The Labute approximate surface area is 146 Å². The highest BCUT2D eigenvalue weighted by Crippen LogP contribution is 2.38. The molecule has 1 spiro atoms. The Morgan fingerprint density at radius 1 is 1.29 bits per heavy atom. The Balaban J connectivity index is 1.53. The van der Waals surface area contributed by atoms with Crippen LogP contribution >= 0.6 is 0 Å². The summed E-state index contributed by atoms with van der Waals surface area (Å²) in [5.41, 5.74) is 4.16. The number of hydrogen-bond donors (Lipinski definition) is 2. The van der Waals surface area contributed by atoms with Crippen molar-refractivity contribution in [3.8, 4) is 0 Å².